The van der Waals surface area contributed by atoms with Crippen molar-refractivity contribution in [3.05, 3.63) is 0 Å². The minimum absolute atomic E-state index is 0.145. The fourth-order valence-corrected chi connectivity index (χ4v) is 1.21. The van der Waals surface area contributed by atoms with Gasteiger partial charge in [-0.25, -0.2) is 4.79 Å². The maximum absolute atomic E-state index is 11.4. The van der Waals surface area contributed by atoms with E-state index in [2.05, 4.69) is 17.9 Å². The summed E-state index contributed by atoms with van der Waals surface area (Å²) in [6.45, 7) is 2.73. The number of esters is 1. The van der Waals surface area contributed by atoms with Gasteiger partial charge in [0.2, 0.25) is 5.91 Å². The number of ether oxygens (including phenoxy) is 3. The molecular weight excluding hydrogens is 246 g/mol. The summed E-state index contributed by atoms with van der Waals surface area (Å²) in [7, 11) is 1.58. The average molecular weight is 265 g/mol. The molecule has 1 N–H and O–H groups in total. The summed E-state index contributed by atoms with van der Waals surface area (Å²) < 4.78 is 14.8. The van der Waals surface area contributed by atoms with E-state index in [0.29, 0.717) is 19.8 Å². The molecule has 0 radical (unpaired) electrons. The van der Waals surface area contributed by atoms with Crippen LogP contribution in [0.25, 0.3) is 0 Å². The Morgan fingerprint density at radius 3 is 2.41 bits per heavy atom. The molecule has 0 fully saturated rings. The summed E-state index contributed by atoms with van der Waals surface area (Å²) in [5, 5.41) is 2.44. The molecule has 1 amide bonds. The van der Waals surface area contributed by atoms with E-state index >= 15 is 0 Å². The largest absolute Gasteiger partial charge is 0.462 e. The molecule has 0 aromatic carbocycles. The van der Waals surface area contributed by atoms with Crippen LogP contribution in [0.2, 0.25) is 0 Å². The van der Waals surface area contributed by atoms with E-state index in [1.165, 1.54) is 6.92 Å². The van der Waals surface area contributed by atoms with Crippen LogP contribution in [-0.2, 0) is 23.8 Å². The molecule has 0 unspecified atom stereocenters. The van der Waals surface area contributed by atoms with Gasteiger partial charge in [-0.2, -0.15) is 12.6 Å². The molecule has 0 bridgehead atoms. The number of hydrogen-bond acceptors (Lipinski definition) is 6. The number of nitrogens with one attached hydrogen (secondary N) is 1. The van der Waals surface area contributed by atoms with Crippen molar-refractivity contribution >= 4 is 24.5 Å². The lowest BCUT2D eigenvalue weighted by atomic mass is 10.3. The van der Waals surface area contributed by atoms with Crippen molar-refractivity contribution < 1.29 is 23.8 Å². The van der Waals surface area contributed by atoms with Gasteiger partial charge in [-0.05, 0) is 0 Å². The van der Waals surface area contributed by atoms with E-state index in [1.807, 2.05) is 0 Å². The number of hydrogen-bond donors (Lipinski definition) is 2. The predicted molar refractivity (Wildman–Crippen MR) is 65.1 cm³/mol. The Labute approximate surface area is 106 Å². The molecule has 0 aliphatic carbocycles. The standard InChI is InChI=1S/C10H19NO5S/c1-8(12)11-9(7-17)10(13)16-6-5-15-4-3-14-2/h9,17H,3-7H2,1-2H3,(H,11,12)/t9-/m0/s1. The summed E-state index contributed by atoms with van der Waals surface area (Å²) in [6, 6.07) is -0.713. The van der Waals surface area contributed by atoms with Crippen molar-refractivity contribution in [1.29, 1.82) is 0 Å². The molecule has 0 saturated carbocycles. The molecule has 0 aromatic heterocycles. The van der Waals surface area contributed by atoms with E-state index < -0.39 is 12.0 Å². The zero-order valence-electron chi connectivity index (χ0n) is 10.1. The quantitative estimate of drug-likeness (QED) is 0.338. The molecule has 0 spiro atoms. The lowest BCUT2D eigenvalue weighted by molar-refractivity contribution is -0.148. The van der Waals surface area contributed by atoms with Crippen LogP contribution in [0.3, 0.4) is 0 Å². The SMILES string of the molecule is COCCOCCOC(=O)[C@H](CS)NC(C)=O. The lowest BCUT2D eigenvalue weighted by Crippen LogP contribution is -2.42. The van der Waals surface area contributed by atoms with Gasteiger partial charge < -0.3 is 19.5 Å². The summed E-state index contributed by atoms with van der Waals surface area (Å²) in [5.41, 5.74) is 0. The minimum Gasteiger partial charge on any atom is -0.462 e. The van der Waals surface area contributed by atoms with Gasteiger partial charge in [0.25, 0.3) is 0 Å². The molecule has 100 valence electrons. The van der Waals surface area contributed by atoms with Crippen molar-refractivity contribution in [3.63, 3.8) is 0 Å². The molecule has 1 atom stereocenters. The highest BCUT2D eigenvalue weighted by Gasteiger charge is 2.18. The average Bonchev–Trinajstić information content (AvgIpc) is 2.30. The number of rotatable bonds is 9. The molecule has 17 heavy (non-hydrogen) atoms. The Bertz CT molecular complexity index is 237. The smallest absolute Gasteiger partial charge is 0.329 e. The summed E-state index contributed by atoms with van der Waals surface area (Å²) in [5.74, 6) is -0.606. The highest BCUT2D eigenvalue weighted by atomic mass is 32.1. The Kier molecular flexibility index (Phi) is 9.89. The van der Waals surface area contributed by atoms with E-state index in [0.717, 1.165) is 0 Å². The summed E-state index contributed by atoms with van der Waals surface area (Å²) in [6.07, 6.45) is 0. The first-order valence-corrected chi connectivity index (χ1v) is 5.86. The second-order valence-corrected chi connectivity index (χ2v) is 3.57. The van der Waals surface area contributed by atoms with Gasteiger partial charge in [-0.15, -0.1) is 0 Å². The predicted octanol–water partition coefficient (Wildman–Crippen LogP) is -0.373. The van der Waals surface area contributed by atoms with Crippen LogP contribution in [0.15, 0.2) is 0 Å². The highest BCUT2D eigenvalue weighted by Crippen LogP contribution is 1.93. The van der Waals surface area contributed by atoms with Gasteiger partial charge >= 0.3 is 5.97 Å². The van der Waals surface area contributed by atoms with E-state index in [-0.39, 0.29) is 18.3 Å². The first-order valence-electron chi connectivity index (χ1n) is 5.23. The first kappa shape index (κ1) is 16.2. The van der Waals surface area contributed by atoms with Crippen LogP contribution in [0.4, 0.5) is 0 Å². The third-order valence-electron chi connectivity index (χ3n) is 1.75. The second kappa shape index (κ2) is 10.4. The van der Waals surface area contributed by atoms with E-state index in [1.54, 1.807) is 7.11 Å². The van der Waals surface area contributed by atoms with E-state index in [4.69, 9.17) is 14.2 Å². The molecule has 6 nitrogen and oxygen atoms in total. The molecule has 0 aliphatic rings. The Balaban J connectivity index is 3.64. The monoisotopic (exact) mass is 265 g/mol. The van der Waals surface area contributed by atoms with Crippen molar-refractivity contribution in [1.82, 2.24) is 5.32 Å². The normalized spacial score (nSPS) is 11.9. The molecule has 0 aliphatic heterocycles. The third-order valence-corrected chi connectivity index (χ3v) is 2.11. The molecule has 0 aromatic rings. The van der Waals surface area contributed by atoms with Crippen molar-refractivity contribution in [2.24, 2.45) is 0 Å². The number of thiol groups is 1. The van der Waals surface area contributed by atoms with Crippen LogP contribution in [-0.4, -0.2) is 57.2 Å². The van der Waals surface area contributed by atoms with Crippen molar-refractivity contribution in [2.75, 3.05) is 39.3 Å². The fraction of sp³-hybridized carbons (Fsp3) is 0.800. The zero-order valence-corrected chi connectivity index (χ0v) is 11.0. The Morgan fingerprint density at radius 1 is 1.24 bits per heavy atom. The molecular formula is C10H19NO5S. The van der Waals surface area contributed by atoms with Crippen LogP contribution in [0.5, 0.6) is 0 Å². The highest BCUT2D eigenvalue weighted by molar-refractivity contribution is 7.80. The van der Waals surface area contributed by atoms with Crippen LogP contribution < -0.4 is 5.32 Å². The van der Waals surface area contributed by atoms with Crippen molar-refractivity contribution in [3.8, 4) is 0 Å². The maximum atomic E-state index is 11.4. The minimum atomic E-state index is -0.713. The number of carbonyl (C=O) groups excluding carboxylic acids is 2. The zero-order chi connectivity index (χ0) is 13.1. The lowest BCUT2D eigenvalue weighted by Gasteiger charge is -2.14. The van der Waals surface area contributed by atoms with Crippen molar-refractivity contribution in [2.45, 2.75) is 13.0 Å². The Hall–Kier alpha value is -0.790. The number of methoxy groups -OCH3 is 1. The third kappa shape index (κ3) is 8.96. The molecule has 0 heterocycles. The van der Waals surface area contributed by atoms with Gasteiger partial charge in [0.1, 0.15) is 12.6 Å². The van der Waals surface area contributed by atoms with Gasteiger partial charge in [0.15, 0.2) is 0 Å². The van der Waals surface area contributed by atoms with E-state index in [9.17, 15) is 9.59 Å². The summed E-state index contributed by atoms with van der Waals surface area (Å²) in [4.78, 5) is 22.2. The first-order chi connectivity index (χ1) is 8.11. The van der Waals surface area contributed by atoms with Gasteiger partial charge in [0, 0.05) is 19.8 Å². The molecule has 0 rings (SSSR count). The molecule has 0 saturated heterocycles. The van der Waals surface area contributed by atoms with Gasteiger partial charge in [0.05, 0.1) is 19.8 Å². The molecule has 7 heteroatoms. The fourth-order valence-electron chi connectivity index (χ4n) is 0.971. The van der Waals surface area contributed by atoms with Gasteiger partial charge in [-0.1, -0.05) is 0 Å². The van der Waals surface area contributed by atoms with Gasteiger partial charge in [-0.3, -0.25) is 4.79 Å². The topological polar surface area (TPSA) is 73.9 Å². The maximum Gasteiger partial charge on any atom is 0.329 e. The number of amides is 1. The van der Waals surface area contributed by atoms with Crippen LogP contribution in [0, 0.1) is 0 Å². The van der Waals surface area contributed by atoms with Crippen LogP contribution >= 0.6 is 12.6 Å². The van der Waals surface area contributed by atoms with Crippen LogP contribution in [0.1, 0.15) is 6.92 Å². The summed E-state index contributed by atoms with van der Waals surface area (Å²) >= 11 is 3.96. The second-order valence-electron chi connectivity index (χ2n) is 3.21. The Morgan fingerprint density at radius 2 is 1.88 bits per heavy atom. The number of carbonyl (C=O) groups is 2.